The normalized spacial score (nSPS) is 30.8. The van der Waals surface area contributed by atoms with E-state index in [2.05, 4.69) is 26.1 Å². The molecular formula is C13H26N2OS. The van der Waals surface area contributed by atoms with Crippen LogP contribution in [-0.2, 0) is 4.79 Å². The fourth-order valence-electron chi connectivity index (χ4n) is 2.39. The maximum atomic E-state index is 11.6. The van der Waals surface area contributed by atoms with E-state index in [0.717, 1.165) is 25.8 Å². The lowest BCUT2D eigenvalue weighted by Crippen LogP contribution is -2.53. The molecule has 3 unspecified atom stereocenters. The van der Waals surface area contributed by atoms with Gasteiger partial charge in [0.1, 0.15) is 0 Å². The fourth-order valence-corrected chi connectivity index (χ4v) is 3.94. The zero-order valence-corrected chi connectivity index (χ0v) is 12.3. The van der Waals surface area contributed by atoms with Gasteiger partial charge in [-0.15, -0.1) is 0 Å². The lowest BCUT2D eigenvalue weighted by atomic mass is 9.97. The second kappa shape index (κ2) is 6.10. The SMILES string of the molecule is CCNC1(C(N)=O)CCC(SC(C)C(C)C)C1. The van der Waals surface area contributed by atoms with Crippen LogP contribution in [0.2, 0.25) is 0 Å². The van der Waals surface area contributed by atoms with Crippen LogP contribution in [0.25, 0.3) is 0 Å². The molecule has 0 radical (unpaired) electrons. The van der Waals surface area contributed by atoms with Crippen molar-refractivity contribution >= 4 is 17.7 Å². The van der Waals surface area contributed by atoms with Crippen LogP contribution in [0.3, 0.4) is 0 Å². The lowest BCUT2D eigenvalue weighted by Gasteiger charge is -2.27. The van der Waals surface area contributed by atoms with E-state index >= 15 is 0 Å². The molecule has 0 aromatic carbocycles. The summed E-state index contributed by atoms with van der Waals surface area (Å²) in [6.07, 6.45) is 2.87. The number of hydrogen-bond acceptors (Lipinski definition) is 3. The molecule has 1 aliphatic rings. The van der Waals surface area contributed by atoms with Crippen molar-refractivity contribution in [3.05, 3.63) is 0 Å². The van der Waals surface area contributed by atoms with E-state index in [9.17, 15) is 4.79 Å². The highest BCUT2D eigenvalue weighted by atomic mass is 32.2. The predicted octanol–water partition coefficient (Wildman–Crippen LogP) is 2.15. The smallest absolute Gasteiger partial charge is 0.237 e. The highest BCUT2D eigenvalue weighted by molar-refractivity contribution is 8.00. The molecule has 0 aliphatic heterocycles. The Balaban J connectivity index is 2.57. The molecule has 0 spiro atoms. The minimum absolute atomic E-state index is 0.181. The van der Waals surface area contributed by atoms with Crippen molar-refractivity contribution in [2.24, 2.45) is 11.7 Å². The minimum atomic E-state index is -0.441. The van der Waals surface area contributed by atoms with E-state index in [4.69, 9.17) is 5.73 Å². The Kier molecular flexibility index (Phi) is 5.32. The molecule has 0 heterocycles. The Morgan fingerprint density at radius 3 is 2.65 bits per heavy atom. The van der Waals surface area contributed by atoms with Gasteiger partial charge in [-0.25, -0.2) is 0 Å². The van der Waals surface area contributed by atoms with Crippen molar-refractivity contribution in [3.63, 3.8) is 0 Å². The quantitative estimate of drug-likeness (QED) is 0.767. The molecule has 1 fully saturated rings. The molecule has 0 bridgehead atoms. The number of nitrogens with two attached hydrogens (primary N) is 1. The molecule has 0 aromatic heterocycles. The Labute approximate surface area is 109 Å². The predicted molar refractivity (Wildman–Crippen MR) is 75.1 cm³/mol. The number of nitrogens with one attached hydrogen (secondary N) is 1. The summed E-state index contributed by atoms with van der Waals surface area (Å²) in [7, 11) is 0. The summed E-state index contributed by atoms with van der Waals surface area (Å²) in [6.45, 7) is 9.60. The van der Waals surface area contributed by atoms with Gasteiger partial charge >= 0.3 is 0 Å². The first-order valence-corrected chi connectivity index (χ1v) is 7.56. The summed E-state index contributed by atoms with van der Waals surface area (Å²) in [6, 6.07) is 0. The van der Waals surface area contributed by atoms with Gasteiger partial charge in [-0.2, -0.15) is 11.8 Å². The summed E-state index contributed by atoms with van der Waals surface area (Å²) in [5.74, 6) is 0.502. The zero-order chi connectivity index (χ0) is 13.1. The number of carbonyl (C=O) groups is 1. The Bertz CT molecular complexity index is 270. The molecule has 100 valence electrons. The van der Waals surface area contributed by atoms with Crippen molar-refractivity contribution in [2.75, 3.05) is 6.54 Å². The summed E-state index contributed by atoms with van der Waals surface area (Å²) in [4.78, 5) is 11.6. The van der Waals surface area contributed by atoms with Crippen LogP contribution in [0.5, 0.6) is 0 Å². The first-order valence-electron chi connectivity index (χ1n) is 6.61. The van der Waals surface area contributed by atoms with E-state index in [1.807, 2.05) is 18.7 Å². The van der Waals surface area contributed by atoms with Gasteiger partial charge in [-0.05, 0) is 31.7 Å². The Morgan fingerprint density at radius 2 is 2.18 bits per heavy atom. The van der Waals surface area contributed by atoms with E-state index in [-0.39, 0.29) is 5.91 Å². The van der Waals surface area contributed by atoms with Crippen molar-refractivity contribution in [2.45, 2.75) is 63.0 Å². The zero-order valence-electron chi connectivity index (χ0n) is 11.5. The summed E-state index contributed by atoms with van der Waals surface area (Å²) >= 11 is 2.01. The molecule has 1 saturated carbocycles. The summed E-state index contributed by atoms with van der Waals surface area (Å²) in [5, 5.41) is 4.51. The first kappa shape index (κ1) is 14.8. The van der Waals surface area contributed by atoms with Gasteiger partial charge in [0.15, 0.2) is 0 Å². The lowest BCUT2D eigenvalue weighted by molar-refractivity contribution is -0.124. The van der Waals surface area contributed by atoms with Crippen molar-refractivity contribution in [3.8, 4) is 0 Å². The van der Waals surface area contributed by atoms with Crippen LogP contribution in [0.4, 0.5) is 0 Å². The molecule has 3 N–H and O–H groups in total. The number of rotatable bonds is 6. The second-order valence-corrected chi connectivity index (χ2v) is 7.11. The maximum Gasteiger partial charge on any atom is 0.237 e. The van der Waals surface area contributed by atoms with Gasteiger partial charge in [-0.1, -0.05) is 27.7 Å². The fraction of sp³-hybridized carbons (Fsp3) is 0.923. The Morgan fingerprint density at radius 1 is 1.53 bits per heavy atom. The summed E-state index contributed by atoms with van der Waals surface area (Å²) < 4.78 is 0. The minimum Gasteiger partial charge on any atom is -0.368 e. The number of hydrogen-bond donors (Lipinski definition) is 2. The molecule has 17 heavy (non-hydrogen) atoms. The van der Waals surface area contributed by atoms with Gasteiger partial charge < -0.3 is 11.1 Å². The third-order valence-electron chi connectivity index (χ3n) is 3.80. The maximum absolute atomic E-state index is 11.6. The third kappa shape index (κ3) is 3.62. The monoisotopic (exact) mass is 258 g/mol. The molecule has 1 rings (SSSR count). The molecule has 0 saturated heterocycles. The number of thioether (sulfide) groups is 1. The van der Waals surface area contributed by atoms with Gasteiger partial charge in [-0.3, -0.25) is 4.79 Å². The highest BCUT2D eigenvalue weighted by Gasteiger charge is 2.43. The second-order valence-electron chi connectivity index (χ2n) is 5.43. The number of primary amides is 1. The van der Waals surface area contributed by atoms with Gasteiger partial charge in [0.25, 0.3) is 0 Å². The van der Waals surface area contributed by atoms with E-state index in [1.165, 1.54) is 0 Å². The van der Waals surface area contributed by atoms with Crippen LogP contribution in [0.15, 0.2) is 0 Å². The van der Waals surface area contributed by atoms with Crippen LogP contribution >= 0.6 is 11.8 Å². The van der Waals surface area contributed by atoms with Crippen molar-refractivity contribution < 1.29 is 4.79 Å². The molecule has 3 atom stereocenters. The third-order valence-corrected chi connectivity index (χ3v) is 5.56. The van der Waals surface area contributed by atoms with E-state index < -0.39 is 5.54 Å². The van der Waals surface area contributed by atoms with Crippen LogP contribution in [-0.4, -0.2) is 28.5 Å². The van der Waals surface area contributed by atoms with E-state index in [0.29, 0.717) is 16.4 Å². The largest absolute Gasteiger partial charge is 0.368 e. The molecule has 0 aromatic rings. The van der Waals surface area contributed by atoms with Crippen LogP contribution in [0, 0.1) is 5.92 Å². The number of amides is 1. The molecule has 4 heteroatoms. The molecule has 1 aliphatic carbocycles. The highest BCUT2D eigenvalue weighted by Crippen LogP contribution is 2.39. The topological polar surface area (TPSA) is 55.1 Å². The van der Waals surface area contributed by atoms with Crippen LogP contribution < -0.4 is 11.1 Å². The average Bonchev–Trinajstić information content (AvgIpc) is 2.63. The molecule has 3 nitrogen and oxygen atoms in total. The van der Waals surface area contributed by atoms with E-state index in [1.54, 1.807) is 0 Å². The first-order chi connectivity index (χ1) is 7.91. The average molecular weight is 258 g/mol. The molecular weight excluding hydrogens is 232 g/mol. The van der Waals surface area contributed by atoms with Gasteiger partial charge in [0.05, 0.1) is 5.54 Å². The molecule has 1 amide bonds. The summed E-state index contributed by atoms with van der Waals surface area (Å²) in [5.41, 5.74) is 5.12. The van der Waals surface area contributed by atoms with Gasteiger partial charge in [0, 0.05) is 10.5 Å². The Hall–Kier alpha value is -0.220. The number of likely N-dealkylation sites (N-methyl/N-ethyl adjacent to an activating group) is 1. The van der Waals surface area contributed by atoms with Gasteiger partial charge in [0.2, 0.25) is 5.91 Å². The standard InChI is InChI=1S/C13H26N2OS/c1-5-15-13(12(14)16)7-6-11(8-13)17-10(4)9(2)3/h9-11,15H,5-8H2,1-4H3,(H2,14,16). The number of carbonyl (C=O) groups excluding carboxylic acids is 1. The van der Waals surface area contributed by atoms with Crippen molar-refractivity contribution in [1.82, 2.24) is 5.32 Å². The van der Waals surface area contributed by atoms with Crippen molar-refractivity contribution in [1.29, 1.82) is 0 Å². The van der Waals surface area contributed by atoms with Crippen LogP contribution in [0.1, 0.15) is 47.0 Å².